The molecule has 3 aromatic rings. The van der Waals surface area contributed by atoms with Gasteiger partial charge in [0.05, 0.1) is 9.52 Å². The molecule has 0 bridgehead atoms. The maximum atomic E-state index is 11.3. The lowest BCUT2D eigenvalue weighted by molar-refractivity contribution is 0.107. The van der Waals surface area contributed by atoms with Crippen molar-refractivity contribution in [2.75, 3.05) is 0 Å². The van der Waals surface area contributed by atoms with E-state index in [1.54, 1.807) is 24.3 Å². The summed E-state index contributed by atoms with van der Waals surface area (Å²) in [7, 11) is 0.497. The predicted molar refractivity (Wildman–Crippen MR) is 107 cm³/mol. The number of hydrogen-bond acceptors (Lipinski definition) is 2. The van der Waals surface area contributed by atoms with E-state index in [2.05, 4.69) is 12.1 Å². The van der Waals surface area contributed by atoms with Gasteiger partial charge in [0.2, 0.25) is 0 Å². The molecule has 5 heteroatoms. The Morgan fingerprint density at radius 1 is 0.654 bits per heavy atom. The monoisotopic (exact) mass is 396 g/mol. The first-order valence-corrected chi connectivity index (χ1v) is 9.79. The minimum Gasteiger partial charge on any atom is -0.276 e. The highest BCUT2D eigenvalue weighted by atomic mass is 35.5. The average Bonchev–Trinajstić information content (AvgIpc) is 2.67. The summed E-state index contributed by atoms with van der Waals surface area (Å²) in [6.07, 6.45) is 0. The van der Waals surface area contributed by atoms with E-state index in [1.165, 1.54) is 5.19 Å². The normalized spacial score (nSPS) is 10.7. The summed E-state index contributed by atoms with van der Waals surface area (Å²) < 4.78 is 0. The maximum Gasteiger partial charge on any atom is 0.252 e. The van der Waals surface area contributed by atoms with Crippen LogP contribution in [0.5, 0.6) is 0 Å². The summed E-state index contributed by atoms with van der Waals surface area (Å²) in [5, 5.41) is 0.291. The number of benzene rings is 3. The highest BCUT2D eigenvalue weighted by Crippen LogP contribution is 2.25. The van der Waals surface area contributed by atoms with Gasteiger partial charge in [-0.1, -0.05) is 59.8 Å². The molecule has 0 fully saturated rings. The van der Waals surface area contributed by atoms with Crippen LogP contribution in [0, 0.1) is 0 Å². The molecule has 0 heterocycles. The van der Waals surface area contributed by atoms with E-state index in [1.807, 2.05) is 42.5 Å². The molecule has 2 radical (unpaired) electrons. The van der Waals surface area contributed by atoms with Crippen LogP contribution >= 0.6 is 23.2 Å². The molecule has 0 amide bonds. The van der Waals surface area contributed by atoms with Crippen molar-refractivity contribution in [2.24, 2.45) is 0 Å². The molecule has 0 saturated heterocycles. The zero-order chi connectivity index (χ0) is 18.5. The topological polar surface area (TPSA) is 34.1 Å². The van der Waals surface area contributed by atoms with Gasteiger partial charge in [0.15, 0.2) is 0 Å². The summed E-state index contributed by atoms with van der Waals surface area (Å²) in [5.41, 5.74) is 3.22. The fourth-order valence-corrected chi connectivity index (χ4v) is 4.36. The van der Waals surface area contributed by atoms with Crippen molar-refractivity contribution in [3.8, 4) is 0 Å². The first-order chi connectivity index (χ1) is 12.5. The van der Waals surface area contributed by atoms with E-state index in [0.29, 0.717) is 20.6 Å². The zero-order valence-electron chi connectivity index (χ0n) is 13.7. The van der Waals surface area contributed by atoms with Gasteiger partial charge in [0.1, 0.15) is 0 Å². The lowest BCUT2D eigenvalue weighted by atomic mass is 10.0. The van der Waals surface area contributed by atoms with E-state index >= 15 is 0 Å². The Morgan fingerprint density at radius 3 is 1.46 bits per heavy atom. The Balaban J connectivity index is 1.98. The van der Waals surface area contributed by atoms with Gasteiger partial charge in [-0.2, -0.15) is 0 Å². The number of carbonyl (C=O) groups is 2. The predicted octanol–water partition coefficient (Wildman–Crippen LogP) is 4.56. The molecule has 0 saturated carbocycles. The van der Waals surface area contributed by atoms with E-state index in [9.17, 15) is 9.59 Å². The Labute approximate surface area is 164 Å². The highest BCUT2D eigenvalue weighted by Gasteiger charge is 2.17. The van der Waals surface area contributed by atoms with E-state index in [0.717, 1.165) is 11.1 Å². The minimum absolute atomic E-state index is 0.108. The van der Waals surface area contributed by atoms with Crippen molar-refractivity contribution in [2.45, 2.75) is 5.54 Å². The molecule has 0 atom stereocenters. The number of halogens is 2. The third-order valence-corrected chi connectivity index (χ3v) is 6.09. The molecular weight excluding hydrogens is 383 g/mol. The average molecular weight is 397 g/mol. The molecule has 0 aliphatic carbocycles. The Hall–Kier alpha value is -2.20. The summed E-state index contributed by atoms with van der Waals surface area (Å²) in [5.74, 6) is 0. The van der Waals surface area contributed by atoms with Gasteiger partial charge in [0, 0.05) is 16.7 Å². The summed E-state index contributed by atoms with van der Waals surface area (Å²) in [6.45, 7) is 0. The van der Waals surface area contributed by atoms with Crippen LogP contribution in [0.4, 0.5) is 0 Å². The third kappa shape index (κ3) is 4.49. The lowest BCUT2D eigenvalue weighted by Crippen LogP contribution is -2.22. The second-order valence-electron chi connectivity index (χ2n) is 5.73. The van der Waals surface area contributed by atoms with Crippen LogP contribution in [-0.4, -0.2) is 20.0 Å². The fraction of sp³-hybridized carbons (Fsp3) is 0.0476. The van der Waals surface area contributed by atoms with Gasteiger partial charge in [-0.05, 0) is 58.6 Å². The SMILES string of the molecule is O=C(Cl)c1ccc(C([Si]c2ccccc2)c2ccc(C(=O)Cl)cc2)cc1. The molecule has 26 heavy (non-hydrogen) atoms. The van der Waals surface area contributed by atoms with Gasteiger partial charge in [-0.15, -0.1) is 0 Å². The molecule has 128 valence electrons. The molecule has 0 N–H and O–H groups in total. The molecule has 0 aliphatic rings. The van der Waals surface area contributed by atoms with Crippen molar-refractivity contribution in [1.29, 1.82) is 0 Å². The molecule has 0 aromatic heterocycles. The van der Waals surface area contributed by atoms with Crippen molar-refractivity contribution in [3.05, 3.63) is 101 Å². The number of carbonyl (C=O) groups excluding carboxylic acids is 2. The fourth-order valence-electron chi connectivity index (χ4n) is 2.67. The maximum absolute atomic E-state index is 11.3. The molecular formula is C21H14Cl2O2Si. The Kier molecular flexibility index (Phi) is 6.04. The number of hydrogen-bond donors (Lipinski definition) is 0. The van der Waals surface area contributed by atoms with Gasteiger partial charge in [0.25, 0.3) is 10.5 Å². The lowest BCUT2D eigenvalue weighted by Gasteiger charge is -2.18. The van der Waals surface area contributed by atoms with Crippen LogP contribution in [0.25, 0.3) is 0 Å². The summed E-state index contributed by atoms with van der Waals surface area (Å²) in [6, 6.07) is 24.9. The molecule has 3 rings (SSSR count). The first kappa shape index (κ1) is 18.6. The van der Waals surface area contributed by atoms with E-state index in [-0.39, 0.29) is 5.54 Å². The van der Waals surface area contributed by atoms with Crippen molar-refractivity contribution >= 4 is 48.4 Å². The van der Waals surface area contributed by atoms with Crippen molar-refractivity contribution in [1.82, 2.24) is 0 Å². The van der Waals surface area contributed by atoms with Gasteiger partial charge in [-0.3, -0.25) is 9.59 Å². The van der Waals surface area contributed by atoms with Gasteiger partial charge >= 0.3 is 0 Å². The number of rotatable bonds is 6. The third-order valence-electron chi connectivity index (χ3n) is 4.03. The Bertz CT molecular complexity index is 850. The van der Waals surface area contributed by atoms with Gasteiger partial charge < -0.3 is 0 Å². The van der Waals surface area contributed by atoms with Gasteiger partial charge in [-0.25, -0.2) is 0 Å². The first-order valence-electron chi connectivity index (χ1n) is 7.96. The highest BCUT2D eigenvalue weighted by molar-refractivity contribution is 6.68. The molecule has 0 aliphatic heterocycles. The standard InChI is InChI=1S/C21H14Cl2O2Si/c22-20(24)16-10-6-14(7-11-16)19(26-18-4-2-1-3-5-18)15-8-12-17(13-9-15)21(23)25/h1-13,19H. The van der Waals surface area contributed by atoms with Crippen LogP contribution in [0.2, 0.25) is 0 Å². The van der Waals surface area contributed by atoms with Crippen molar-refractivity contribution in [3.63, 3.8) is 0 Å². The smallest absolute Gasteiger partial charge is 0.252 e. The zero-order valence-corrected chi connectivity index (χ0v) is 16.2. The van der Waals surface area contributed by atoms with Crippen LogP contribution in [-0.2, 0) is 0 Å². The van der Waals surface area contributed by atoms with Crippen LogP contribution in [0.1, 0.15) is 37.4 Å². The van der Waals surface area contributed by atoms with Crippen LogP contribution in [0.15, 0.2) is 78.9 Å². The molecule has 0 spiro atoms. The molecule has 3 aromatic carbocycles. The van der Waals surface area contributed by atoms with Crippen LogP contribution in [0.3, 0.4) is 0 Å². The Morgan fingerprint density at radius 2 is 1.08 bits per heavy atom. The summed E-state index contributed by atoms with van der Waals surface area (Å²) in [4.78, 5) is 22.6. The minimum atomic E-state index is -0.469. The van der Waals surface area contributed by atoms with Crippen molar-refractivity contribution < 1.29 is 9.59 Å². The molecule has 0 unspecified atom stereocenters. The second kappa shape index (κ2) is 8.45. The second-order valence-corrected chi connectivity index (χ2v) is 7.86. The largest absolute Gasteiger partial charge is 0.276 e. The summed E-state index contributed by atoms with van der Waals surface area (Å²) >= 11 is 11.1. The van der Waals surface area contributed by atoms with Crippen LogP contribution < -0.4 is 5.19 Å². The van der Waals surface area contributed by atoms with E-state index < -0.39 is 10.5 Å². The quantitative estimate of drug-likeness (QED) is 0.451. The van der Waals surface area contributed by atoms with E-state index in [4.69, 9.17) is 23.2 Å². The molecule has 2 nitrogen and oxygen atoms in total.